The SMILES string of the molecule is COC(=O)/C(C#CCOc1ccccc1)=C/COc1ccccc1. The van der Waals surface area contributed by atoms with E-state index in [1.807, 2.05) is 60.7 Å². The Labute approximate surface area is 141 Å². The quantitative estimate of drug-likeness (QED) is 0.465. The largest absolute Gasteiger partial charge is 0.489 e. The first-order valence-electron chi connectivity index (χ1n) is 7.42. The first kappa shape index (κ1) is 17.2. The Hall–Kier alpha value is -3.19. The summed E-state index contributed by atoms with van der Waals surface area (Å²) in [7, 11) is 1.32. The van der Waals surface area contributed by atoms with E-state index < -0.39 is 5.97 Å². The fraction of sp³-hybridized carbons (Fsp3) is 0.150. The highest BCUT2D eigenvalue weighted by molar-refractivity contribution is 5.93. The Morgan fingerprint density at radius 2 is 1.54 bits per heavy atom. The van der Waals surface area contributed by atoms with Gasteiger partial charge in [-0.3, -0.25) is 0 Å². The molecule has 2 aromatic rings. The third-order valence-electron chi connectivity index (χ3n) is 2.96. The van der Waals surface area contributed by atoms with Crippen molar-refractivity contribution in [1.82, 2.24) is 0 Å². The number of carbonyl (C=O) groups excluding carboxylic acids is 1. The van der Waals surface area contributed by atoms with Crippen LogP contribution in [0.1, 0.15) is 0 Å². The average molecular weight is 322 g/mol. The van der Waals surface area contributed by atoms with Crippen molar-refractivity contribution in [3.63, 3.8) is 0 Å². The molecule has 2 aromatic carbocycles. The number of ether oxygens (including phenoxy) is 3. The van der Waals surface area contributed by atoms with Gasteiger partial charge in [-0.25, -0.2) is 4.79 Å². The third kappa shape index (κ3) is 5.90. The topological polar surface area (TPSA) is 44.8 Å². The van der Waals surface area contributed by atoms with Crippen LogP contribution in [0.5, 0.6) is 11.5 Å². The van der Waals surface area contributed by atoms with Gasteiger partial charge < -0.3 is 14.2 Å². The summed E-state index contributed by atoms with van der Waals surface area (Å²) in [5.74, 6) is 6.50. The lowest BCUT2D eigenvalue weighted by molar-refractivity contribution is -0.135. The van der Waals surface area contributed by atoms with Crippen molar-refractivity contribution in [1.29, 1.82) is 0 Å². The van der Waals surface area contributed by atoms with E-state index in [9.17, 15) is 4.79 Å². The Kier molecular flexibility index (Phi) is 6.98. The maximum Gasteiger partial charge on any atom is 0.346 e. The van der Waals surface area contributed by atoms with Crippen LogP contribution < -0.4 is 9.47 Å². The zero-order chi connectivity index (χ0) is 17.0. The van der Waals surface area contributed by atoms with Gasteiger partial charge in [0, 0.05) is 0 Å². The number of rotatable bonds is 6. The Balaban J connectivity index is 1.92. The molecule has 2 rings (SSSR count). The zero-order valence-electron chi connectivity index (χ0n) is 13.4. The van der Waals surface area contributed by atoms with E-state index in [4.69, 9.17) is 14.2 Å². The molecule has 0 heterocycles. The molecule has 122 valence electrons. The van der Waals surface area contributed by atoms with E-state index >= 15 is 0 Å². The number of para-hydroxylation sites is 2. The number of methoxy groups -OCH3 is 1. The molecule has 24 heavy (non-hydrogen) atoms. The van der Waals surface area contributed by atoms with Crippen LogP contribution in [0.2, 0.25) is 0 Å². The second-order valence-electron chi connectivity index (χ2n) is 4.64. The molecule has 0 aromatic heterocycles. The second-order valence-corrected chi connectivity index (χ2v) is 4.64. The first-order chi connectivity index (χ1) is 11.8. The van der Waals surface area contributed by atoms with E-state index in [-0.39, 0.29) is 18.8 Å². The van der Waals surface area contributed by atoms with Crippen LogP contribution in [0.25, 0.3) is 0 Å². The van der Waals surface area contributed by atoms with Gasteiger partial charge in [0.25, 0.3) is 0 Å². The van der Waals surface area contributed by atoms with Crippen molar-refractivity contribution in [3.05, 3.63) is 72.3 Å². The van der Waals surface area contributed by atoms with Crippen LogP contribution in [0.4, 0.5) is 0 Å². The van der Waals surface area contributed by atoms with Crippen LogP contribution in [0.3, 0.4) is 0 Å². The number of hydrogen-bond acceptors (Lipinski definition) is 4. The van der Waals surface area contributed by atoms with Crippen molar-refractivity contribution in [2.24, 2.45) is 0 Å². The van der Waals surface area contributed by atoms with E-state index in [1.165, 1.54) is 7.11 Å². The number of carbonyl (C=O) groups is 1. The van der Waals surface area contributed by atoms with Crippen molar-refractivity contribution < 1.29 is 19.0 Å². The highest BCUT2D eigenvalue weighted by Gasteiger charge is 2.06. The summed E-state index contributed by atoms with van der Waals surface area (Å²) >= 11 is 0. The van der Waals surface area contributed by atoms with Crippen LogP contribution >= 0.6 is 0 Å². The molecule has 0 aliphatic carbocycles. The lowest BCUT2D eigenvalue weighted by Gasteiger charge is -2.03. The summed E-state index contributed by atoms with van der Waals surface area (Å²) < 4.78 is 15.7. The number of benzene rings is 2. The van der Waals surface area contributed by atoms with Crippen molar-refractivity contribution in [2.75, 3.05) is 20.3 Å². The van der Waals surface area contributed by atoms with Gasteiger partial charge in [-0.15, -0.1) is 0 Å². The lowest BCUT2D eigenvalue weighted by Crippen LogP contribution is -2.06. The Morgan fingerprint density at radius 3 is 2.12 bits per heavy atom. The van der Waals surface area contributed by atoms with Crippen molar-refractivity contribution in [3.8, 4) is 23.3 Å². The molecule has 0 radical (unpaired) electrons. The standard InChI is InChI=1S/C20H18O4/c1-22-20(21)17(14-16-24-19-12-6-3-7-13-19)9-8-15-23-18-10-4-2-5-11-18/h2-7,10-14H,15-16H2,1H3/b17-14+. The average Bonchev–Trinajstić information content (AvgIpc) is 2.64. The minimum atomic E-state index is -0.501. The van der Waals surface area contributed by atoms with Crippen LogP contribution in [-0.2, 0) is 9.53 Å². The molecule has 4 nitrogen and oxygen atoms in total. The molecule has 0 spiro atoms. The summed E-state index contributed by atoms with van der Waals surface area (Å²) in [5.41, 5.74) is 0.241. The third-order valence-corrected chi connectivity index (χ3v) is 2.96. The van der Waals surface area contributed by atoms with Gasteiger partial charge in [0.1, 0.15) is 30.3 Å². The molecule has 0 unspecified atom stereocenters. The molecule has 0 amide bonds. The lowest BCUT2D eigenvalue weighted by atomic mass is 10.2. The van der Waals surface area contributed by atoms with Gasteiger partial charge in [0.2, 0.25) is 0 Å². The molecule has 0 fully saturated rings. The maximum atomic E-state index is 11.7. The predicted molar refractivity (Wildman–Crippen MR) is 91.7 cm³/mol. The van der Waals surface area contributed by atoms with Crippen LogP contribution in [0, 0.1) is 11.8 Å². The summed E-state index contributed by atoms with van der Waals surface area (Å²) in [6, 6.07) is 18.7. The molecule has 0 saturated heterocycles. The fourth-order valence-corrected chi connectivity index (χ4v) is 1.80. The molecule has 0 atom stereocenters. The van der Waals surface area contributed by atoms with Gasteiger partial charge in [-0.05, 0) is 30.3 Å². The van der Waals surface area contributed by atoms with E-state index in [1.54, 1.807) is 6.08 Å². The normalized spacial score (nSPS) is 10.3. The maximum absolute atomic E-state index is 11.7. The molecule has 0 bridgehead atoms. The fourth-order valence-electron chi connectivity index (χ4n) is 1.80. The highest BCUT2D eigenvalue weighted by Crippen LogP contribution is 2.09. The van der Waals surface area contributed by atoms with Crippen LogP contribution in [0.15, 0.2) is 72.3 Å². The van der Waals surface area contributed by atoms with Gasteiger partial charge in [0.15, 0.2) is 0 Å². The molecular weight excluding hydrogens is 304 g/mol. The first-order valence-corrected chi connectivity index (χ1v) is 7.42. The molecular formula is C20H18O4. The van der Waals surface area contributed by atoms with Gasteiger partial charge in [-0.2, -0.15) is 0 Å². The van der Waals surface area contributed by atoms with E-state index in [0.717, 1.165) is 11.5 Å². The van der Waals surface area contributed by atoms with E-state index in [0.29, 0.717) is 0 Å². The Bertz CT molecular complexity index is 724. The number of esters is 1. The van der Waals surface area contributed by atoms with Crippen molar-refractivity contribution >= 4 is 5.97 Å². The van der Waals surface area contributed by atoms with Crippen LogP contribution in [-0.4, -0.2) is 26.3 Å². The summed E-state index contributed by atoms with van der Waals surface area (Å²) in [6.45, 7) is 0.403. The predicted octanol–water partition coefficient (Wildman–Crippen LogP) is 3.25. The van der Waals surface area contributed by atoms with Gasteiger partial charge in [0.05, 0.1) is 7.11 Å². The summed E-state index contributed by atoms with van der Waals surface area (Å²) in [4.78, 5) is 11.7. The monoisotopic (exact) mass is 322 g/mol. The molecule has 0 aliphatic heterocycles. The van der Waals surface area contributed by atoms with Crippen molar-refractivity contribution in [2.45, 2.75) is 0 Å². The van der Waals surface area contributed by atoms with E-state index in [2.05, 4.69) is 11.8 Å². The smallest absolute Gasteiger partial charge is 0.346 e. The minimum absolute atomic E-state index is 0.178. The Morgan fingerprint density at radius 1 is 0.958 bits per heavy atom. The van der Waals surface area contributed by atoms with Gasteiger partial charge >= 0.3 is 5.97 Å². The molecule has 0 N–H and O–H groups in total. The van der Waals surface area contributed by atoms with Gasteiger partial charge in [-0.1, -0.05) is 48.2 Å². The zero-order valence-corrected chi connectivity index (χ0v) is 13.4. The minimum Gasteiger partial charge on any atom is -0.489 e. The molecule has 4 heteroatoms. The summed E-state index contributed by atoms with van der Waals surface area (Å²) in [6.07, 6.45) is 1.59. The highest BCUT2D eigenvalue weighted by atomic mass is 16.5. The second kappa shape index (κ2) is 9.75. The number of hydrogen-bond donors (Lipinski definition) is 0. The summed E-state index contributed by atoms with van der Waals surface area (Å²) in [5, 5.41) is 0. The molecule has 0 saturated carbocycles. The molecule has 0 aliphatic rings.